The van der Waals surface area contributed by atoms with Gasteiger partial charge in [0.25, 0.3) is 5.91 Å². The second kappa shape index (κ2) is 3.86. The first-order valence-electron chi connectivity index (χ1n) is 5.62. The monoisotopic (exact) mass is 261 g/mol. The van der Waals surface area contributed by atoms with E-state index < -0.39 is 23.1 Å². The molecule has 0 spiro atoms. The molecule has 1 atom stereocenters. The zero-order valence-electron chi connectivity index (χ0n) is 9.65. The van der Waals surface area contributed by atoms with Crippen molar-refractivity contribution in [1.29, 1.82) is 0 Å². The number of anilines is 1. The molecule has 0 bridgehead atoms. The van der Waals surface area contributed by atoms with Crippen LogP contribution in [0.3, 0.4) is 0 Å². The number of hydrogen-bond donors (Lipinski definition) is 2. The van der Waals surface area contributed by atoms with Gasteiger partial charge in [-0.15, -0.1) is 0 Å². The second-order valence-corrected chi connectivity index (χ2v) is 4.33. The number of para-hydroxylation sites is 1. The van der Waals surface area contributed by atoms with Crippen molar-refractivity contribution in [3.63, 3.8) is 0 Å². The fourth-order valence-electron chi connectivity index (χ4n) is 2.29. The normalized spacial score (nSPS) is 21.1. The predicted molar refractivity (Wildman–Crippen MR) is 64.4 cm³/mol. The van der Waals surface area contributed by atoms with E-state index in [2.05, 4.69) is 5.32 Å². The molecule has 0 saturated heterocycles. The van der Waals surface area contributed by atoms with E-state index >= 15 is 0 Å². The van der Waals surface area contributed by atoms with Gasteiger partial charge in [-0.25, -0.2) is 8.78 Å². The van der Waals surface area contributed by atoms with E-state index in [1.165, 1.54) is 6.07 Å². The molecular formula is C14H9F2NO2. The van der Waals surface area contributed by atoms with Crippen molar-refractivity contribution in [1.82, 2.24) is 0 Å². The van der Waals surface area contributed by atoms with Gasteiger partial charge in [0, 0.05) is 22.9 Å². The zero-order chi connectivity index (χ0) is 13.6. The molecule has 1 amide bonds. The molecule has 0 aliphatic carbocycles. The highest BCUT2D eigenvalue weighted by atomic mass is 19.1. The Morgan fingerprint density at radius 3 is 2.53 bits per heavy atom. The van der Waals surface area contributed by atoms with Crippen LogP contribution in [0.1, 0.15) is 11.1 Å². The fourth-order valence-corrected chi connectivity index (χ4v) is 2.29. The molecule has 0 fully saturated rings. The molecule has 3 rings (SSSR count). The molecule has 1 heterocycles. The second-order valence-electron chi connectivity index (χ2n) is 4.33. The topological polar surface area (TPSA) is 49.3 Å². The molecule has 96 valence electrons. The number of carbonyl (C=O) groups excluding carboxylic acids is 1. The number of halogens is 2. The molecule has 1 aliphatic heterocycles. The Labute approximate surface area is 107 Å². The minimum absolute atomic E-state index is 0.255. The van der Waals surface area contributed by atoms with E-state index in [4.69, 9.17) is 0 Å². The molecule has 19 heavy (non-hydrogen) atoms. The maximum atomic E-state index is 13.8. The van der Waals surface area contributed by atoms with Gasteiger partial charge in [-0.2, -0.15) is 0 Å². The standard InChI is InChI=1S/C14H9F2NO2/c15-8-5-6-9(11(16)7-8)14(19)10-3-1-2-4-12(10)17-13(14)18/h1-7,19H,(H,17,18). The van der Waals surface area contributed by atoms with Gasteiger partial charge in [0.05, 0.1) is 0 Å². The van der Waals surface area contributed by atoms with Crippen LogP contribution in [0, 0.1) is 11.6 Å². The molecule has 0 saturated carbocycles. The van der Waals surface area contributed by atoms with Crippen molar-refractivity contribution in [3.8, 4) is 0 Å². The maximum Gasteiger partial charge on any atom is 0.265 e. The summed E-state index contributed by atoms with van der Waals surface area (Å²) in [7, 11) is 0. The quantitative estimate of drug-likeness (QED) is 0.826. The summed E-state index contributed by atoms with van der Waals surface area (Å²) < 4.78 is 26.8. The molecule has 1 unspecified atom stereocenters. The van der Waals surface area contributed by atoms with Crippen LogP contribution in [0.2, 0.25) is 0 Å². The van der Waals surface area contributed by atoms with Crippen LogP contribution in [-0.2, 0) is 10.4 Å². The summed E-state index contributed by atoms with van der Waals surface area (Å²) >= 11 is 0. The molecule has 2 aromatic rings. The molecule has 1 aliphatic rings. The Balaban J connectivity index is 2.25. The Morgan fingerprint density at radius 2 is 1.79 bits per heavy atom. The minimum atomic E-state index is -2.13. The van der Waals surface area contributed by atoms with Crippen molar-refractivity contribution in [2.24, 2.45) is 0 Å². The first-order valence-corrected chi connectivity index (χ1v) is 5.62. The molecule has 0 radical (unpaired) electrons. The average Bonchev–Trinajstić information content (AvgIpc) is 2.63. The molecule has 3 nitrogen and oxygen atoms in total. The van der Waals surface area contributed by atoms with Crippen molar-refractivity contribution in [3.05, 3.63) is 65.2 Å². The van der Waals surface area contributed by atoms with Crippen LogP contribution in [0.25, 0.3) is 0 Å². The maximum absolute atomic E-state index is 13.8. The van der Waals surface area contributed by atoms with E-state index in [0.717, 1.165) is 12.1 Å². The van der Waals surface area contributed by atoms with Gasteiger partial charge in [0.15, 0.2) is 5.60 Å². The SMILES string of the molecule is O=C1Nc2ccccc2C1(O)c1ccc(F)cc1F. The lowest BCUT2D eigenvalue weighted by atomic mass is 9.87. The Hall–Kier alpha value is -2.27. The number of rotatable bonds is 1. The van der Waals surface area contributed by atoms with Gasteiger partial charge in [0.2, 0.25) is 0 Å². The van der Waals surface area contributed by atoms with Gasteiger partial charge in [0.1, 0.15) is 11.6 Å². The Kier molecular flexibility index (Phi) is 2.40. The summed E-state index contributed by atoms with van der Waals surface area (Å²) in [5, 5.41) is 13.1. The summed E-state index contributed by atoms with van der Waals surface area (Å²) in [4.78, 5) is 12.0. The van der Waals surface area contributed by atoms with Crippen LogP contribution in [-0.4, -0.2) is 11.0 Å². The highest BCUT2D eigenvalue weighted by Crippen LogP contribution is 2.41. The number of nitrogens with one attached hydrogen (secondary N) is 1. The van der Waals surface area contributed by atoms with E-state index in [0.29, 0.717) is 11.8 Å². The third-order valence-corrected chi connectivity index (χ3v) is 3.21. The van der Waals surface area contributed by atoms with E-state index in [1.807, 2.05) is 0 Å². The zero-order valence-corrected chi connectivity index (χ0v) is 9.65. The smallest absolute Gasteiger partial charge is 0.265 e. The first kappa shape index (κ1) is 11.8. The van der Waals surface area contributed by atoms with E-state index in [-0.39, 0.29) is 11.1 Å². The highest BCUT2D eigenvalue weighted by Gasteiger charge is 2.48. The van der Waals surface area contributed by atoms with Crippen molar-refractivity contribution >= 4 is 11.6 Å². The number of hydrogen-bond acceptors (Lipinski definition) is 2. The lowest BCUT2D eigenvalue weighted by molar-refractivity contribution is -0.129. The van der Waals surface area contributed by atoms with Crippen LogP contribution >= 0.6 is 0 Å². The van der Waals surface area contributed by atoms with E-state index in [1.54, 1.807) is 18.2 Å². The van der Waals surface area contributed by atoms with Crippen LogP contribution in [0.5, 0.6) is 0 Å². The third-order valence-electron chi connectivity index (χ3n) is 3.21. The summed E-state index contributed by atoms with van der Waals surface area (Å²) in [6, 6.07) is 9.17. The molecule has 0 aromatic heterocycles. The van der Waals surface area contributed by atoms with Gasteiger partial charge in [-0.1, -0.05) is 18.2 Å². The highest BCUT2D eigenvalue weighted by molar-refractivity contribution is 6.07. The van der Waals surface area contributed by atoms with E-state index in [9.17, 15) is 18.7 Å². The summed E-state index contributed by atoms with van der Waals surface area (Å²) in [6.45, 7) is 0. The average molecular weight is 261 g/mol. The summed E-state index contributed by atoms with van der Waals surface area (Å²) in [5.41, 5.74) is -1.73. The van der Waals surface area contributed by atoms with Crippen LogP contribution in [0.15, 0.2) is 42.5 Å². The number of carbonyl (C=O) groups is 1. The van der Waals surface area contributed by atoms with Crippen molar-refractivity contribution < 1.29 is 18.7 Å². The molecular weight excluding hydrogens is 252 g/mol. The van der Waals surface area contributed by atoms with Crippen molar-refractivity contribution in [2.45, 2.75) is 5.60 Å². The number of fused-ring (bicyclic) bond motifs is 1. The van der Waals surface area contributed by atoms with Gasteiger partial charge < -0.3 is 10.4 Å². The minimum Gasteiger partial charge on any atom is -0.372 e. The molecule has 2 aromatic carbocycles. The Bertz CT molecular complexity index is 687. The molecule has 2 N–H and O–H groups in total. The summed E-state index contributed by atoms with van der Waals surface area (Å²) in [5.74, 6) is -2.48. The van der Waals surface area contributed by atoms with Crippen molar-refractivity contribution in [2.75, 3.05) is 5.32 Å². The number of aliphatic hydroxyl groups is 1. The van der Waals surface area contributed by atoms with Crippen LogP contribution < -0.4 is 5.32 Å². The Morgan fingerprint density at radius 1 is 1.05 bits per heavy atom. The largest absolute Gasteiger partial charge is 0.372 e. The summed E-state index contributed by atoms with van der Waals surface area (Å²) in [6.07, 6.45) is 0. The van der Waals surface area contributed by atoms with Gasteiger partial charge >= 0.3 is 0 Å². The molecule has 5 heteroatoms. The van der Waals surface area contributed by atoms with Gasteiger partial charge in [-0.05, 0) is 18.2 Å². The first-order chi connectivity index (χ1) is 9.03. The number of amides is 1. The number of benzene rings is 2. The van der Waals surface area contributed by atoms with Gasteiger partial charge in [-0.3, -0.25) is 4.79 Å². The predicted octanol–water partition coefficient (Wildman–Crippen LogP) is 2.15. The lowest BCUT2D eigenvalue weighted by Gasteiger charge is -2.21. The van der Waals surface area contributed by atoms with Crippen LogP contribution in [0.4, 0.5) is 14.5 Å². The fraction of sp³-hybridized carbons (Fsp3) is 0.0714. The lowest BCUT2D eigenvalue weighted by Crippen LogP contribution is -2.36. The third kappa shape index (κ3) is 1.55.